The van der Waals surface area contributed by atoms with Crippen LogP contribution in [-0.2, 0) is 14.3 Å². The van der Waals surface area contributed by atoms with Gasteiger partial charge in [-0.1, -0.05) is 30.3 Å². The SMILES string of the molecule is COC(=O)c1ccc(N2C(=O)C(=O)/C(=C(\O)c3ccc(OC)cc3OC)C2c2ccccc2)cc1. The lowest BCUT2D eigenvalue weighted by molar-refractivity contribution is -0.132. The Hall–Kier alpha value is -4.59. The lowest BCUT2D eigenvalue weighted by atomic mass is 9.94. The van der Waals surface area contributed by atoms with E-state index in [1.54, 1.807) is 54.6 Å². The van der Waals surface area contributed by atoms with Crippen LogP contribution in [-0.4, -0.2) is 44.1 Å². The van der Waals surface area contributed by atoms with Crippen molar-refractivity contribution in [3.05, 3.63) is 95.1 Å². The molecule has 8 heteroatoms. The molecule has 1 N–H and O–H groups in total. The molecule has 8 nitrogen and oxygen atoms in total. The highest BCUT2D eigenvalue weighted by atomic mass is 16.5. The van der Waals surface area contributed by atoms with Gasteiger partial charge in [0, 0.05) is 11.8 Å². The fourth-order valence-electron chi connectivity index (χ4n) is 4.06. The largest absolute Gasteiger partial charge is 0.507 e. The van der Waals surface area contributed by atoms with E-state index in [9.17, 15) is 19.5 Å². The molecule has 178 valence electrons. The molecule has 3 aromatic carbocycles. The molecule has 1 fully saturated rings. The van der Waals surface area contributed by atoms with Crippen LogP contribution in [0.25, 0.3) is 5.76 Å². The summed E-state index contributed by atoms with van der Waals surface area (Å²) >= 11 is 0. The fourth-order valence-corrected chi connectivity index (χ4v) is 4.06. The first-order valence-electron chi connectivity index (χ1n) is 10.7. The van der Waals surface area contributed by atoms with Gasteiger partial charge in [0.05, 0.1) is 44.1 Å². The van der Waals surface area contributed by atoms with E-state index in [2.05, 4.69) is 0 Å². The highest BCUT2D eigenvalue weighted by molar-refractivity contribution is 6.51. The van der Waals surface area contributed by atoms with Gasteiger partial charge in [0.1, 0.15) is 17.3 Å². The van der Waals surface area contributed by atoms with E-state index >= 15 is 0 Å². The van der Waals surface area contributed by atoms with E-state index in [1.807, 2.05) is 6.07 Å². The number of amides is 1. The second-order valence-corrected chi connectivity index (χ2v) is 7.68. The monoisotopic (exact) mass is 473 g/mol. The molecule has 0 aromatic heterocycles. The van der Waals surface area contributed by atoms with Crippen molar-refractivity contribution in [1.29, 1.82) is 0 Å². The second kappa shape index (κ2) is 9.72. The number of hydrogen-bond acceptors (Lipinski definition) is 7. The summed E-state index contributed by atoms with van der Waals surface area (Å²) < 4.78 is 15.3. The zero-order chi connectivity index (χ0) is 25.1. The number of aliphatic hydroxyl groups is 1. The summed E-state index contributed by atoms with van der Waals surface area (Å²) in [7, 11) is 4.21. The number of carbonyl (C=O) groups excluding carboxylic acids is 3. The number of benzene rings is 3. The molecule has 1 unspecified atom stereocenters. The maximum Gasteiger partial charge on any atom is 0.337 e. The number of ether oxygens (including phenoxy) is 3. The molecule has 0 spiro atoms. The summed E-state index contributed by atoms with van der Waals surface area (Å²) in [5.74, 6) is -1.76. The van der Waals surface area contributed by atoms with E-state index in [0.717, 1.165) is 0 Å². The predicted molar refractivity (Wildman–Crippen MR) is 129 cm³/mol. The average Bonchev–Trinajstić information content (AvgIpc) is 3.18. The maximum absolute atomic E-state index is 13.3. The summed E-state index contributed by atoms with van der Waals surface area (Å²) in [4.78, 5) is 39.7. The lowest BCUT2D eigenvalue weighted by Gasteiger charge is -2.25. The molecule has 1 atom stereocenters. The Bertz CT molecular complexity index is 1310. The number of carbonyl (C=O) groups is 3. The number of rotatable bonds is 6. The van der Waals surface area contributed by atoms with Crippen LogP contribution in [0, 0.1) is 0 Å². The minimum absolute atomic E-state index is 0.0817. The number of aliphatic hydroxyl groups excluding tert-OH is 1. The molecular formula is C27H23NO7. The van der Waals surface area contributed by atoms with Gasteiger partial charge in [0.2, 0.25) is 0 Å². The van der Waals surface area contributed by atoms with Crippen molar-refractivity contribution >= 4 is 29.1 Å². The first-order valence-corrected chi connectivity index (χ1v) is 10.7. The van der Waals surface area contributed by atoms with Crippen molar-refractivity contribution < 1.29 is 33.7 Å². The Morgan fingerprint density at radius 2 is 1.57 bits per heavy atom. The van der Waals surface area contributed by atoms with Crippen LogP contribution in [0.5, 0.6) is 11.5 Å². The van der Waals surface area contributed by atoms with Gasteiger partial charge >= 0.3 is 5.97 Å². The van der Waals surface area contributed by atoms with Crippen molar-refractivity contribution in [2.75, 3.05) is 26.2 Å². The topological polar surface area (TPSA) is 102 Å². The van der Waals surface area contributed by atoms with Crippen LogP contribution in [0.15, 0.2) is 78.4 Å². The lowest BCUT2D eigenvalue weighted by Crippen LogP contribution is -2.29. The first kappa shape index (κ1) is 23.6. The van der Waals surface area contributed by atoms with Gasteiger partial charge in [0.25, 0.3) is 11.7 Å². The average molecular weight is 473 g/mol. The van der Waals surface area contributed by atoms with Crippen LogP contribution in [0.2, 0.25) is 0 Å². The quantitative estimate of drug-likeness (QED) is 0.249. The number of ketones is 1. The highest BCUT2D eigenvalue weighted by Gasteiger charge is 2.47. The molecule has 1 heterocycles. The molecule has 1 aliphatic heterocycles. The van der Waals surface area contributed by atoms with Crippen molar-refractivity contribution in [1.82, 2.24) is 0 Å². The van der Waals surface area contributed by atoms with Crippen molar-refractivity contribution in [3.63, 3.8) is 0 Å². The zero-order valence-electron chi connectivity index (χ0n) is 19.3. The number of esters is 1. The third kappa shape index (κ3) is 4.21. The summed E-state index contributed by atoms with van der Waals surface area (Å²) in [6.45, 7) is 0. The fraction of sp³-hybridized carbons (Fsp3) is 0.148. The van der Waals surface area contributed by atoms with E-state index in [0.29, 0.717) is 22.6 Å². The predicted octanol–water partition coefficient (Wildman–Crippen LogP) is 4.12. The summed E-state index contributed by atoms with van der Waals surface area (Å²) in [5, 5.41) is 11.3. The van der Waals surface area contributed by atoms with Crippen LogP contribution >= 0.6 is 0 Å². The molecule has 4 rings (SSSR count). The number of methoxy groups -OCH3 is 3. The number of anilines is 1. The van der Waals surface area contributed by atoms with Gasteiger partial charge in [-0.25, -0.2) is 4.79 Å². The molecule has 0 aliphatic carbocycles. The van der Waals surface area contributed by atoms with E-state index in [1.165, 1.54) is 38.4 Å². The van der Waals surface area contributed by atoms with Gasteiger partial charge in [-0.3, -0.25) is 14.5 Å². The van der Waals surface area contributed by atoms with E-state index in [-0.39, 0.29) is 22.6 Å². The standard InChI is InChI=1S/C27H23NO7/c1-33-19-13-14-20(21(15-19)34-2)24(29)22-23(16-7-5-4-6-8-16)28(26(31)25(22)30)18-11-9-17(10-12-18)27(32)35-3/h4-15,23,29H,1-3H3/b24-22-. The number of nitrogens with zero attached hydrogens (tertiary/aromatic N) is 1. The van der Waals surface area contributed by atoms with Gasteiger partial charge in [-0.2, -0.15) is 0 Å². The zero-order valence-corrected chi connectivity index (χ0v) is 19.3. The van der Waals surface area contributed by atoms with Crippen LogP contribution in [0.4, 0.5) is 5.69 Å². The van der Waals surface area contributed by atoms with E-state index in [4.69, 9.17) is 14.2 Å². The summed E-state index contributed by atoms with van der Waals surface area (Å²) in [6, 6.07) is 18.9. The molecular weight excluding hydrogens is 450 g/mol. The van der Waals surface area contributed by atoms with Crippen LogP contribution in [0.3, 0.4) is 0 Å². The van der Waals surface area contributed by atoms with Gasteiger partial charge in [0.15, 0.2) is 0 Å². The van der Waals surface area contributed by atoms with E-state index < -0.39 is 23.7 Å². The molecule has 35 heavy (non-hydrogen) atoms. The summed E-state index contributed by atoms with van der Waals surface area (Å²) in [6.07, 6.45) is 0. The molecule has 1 aliphatic rings. The number of hydrogen-bond donors (Lipinski definition) is 1. The first-order chi connectivity index (χ1) is 16.9. The molecule has 0 bridgehead atoms. The number of Topliss-reactive ketones (excluding diaryl/α,β-unsaturated/α-hetero) is 1. The van der Waals surface area contributed by atoms with Gasteiger partial charge < -0.3 is 19.3 Å². The van der Waals surface area contributed by atoms with Crippen LogP contribution < -0.4 is 14.4 Å². The highest BCUT2D eigenvalue weighted by Crippen LogP contribution is 2.43. The Morgan fingerprint density at radius 1 is 0.886 bits per heavy atom. The smallest absolute Gasteiger partial charge is 0.337 e. The normalized spacial score (nSPS) is 16.8. The van der Waals surface area contributed by atoms with Crippen LogP contribution in [0.1, 0.15) is 27.5 Å². The van der Waals surface area contributed by atoms with Crippen molar-refractivity contribution in [2.24, 2.45) is 0 Å². The Morgan fingerprint density at radius 3 is 2.17 bits per heavy atom. The van der Waals surface area contributed by atoms with Gasteiger partial charge in [-0.15, -0.1) is 0 Å². The Labute approximate surface area is 202 Å². The molecule has 1 amide bonds. The second-order valence-electron chi connectivity index (χ2n) is 7.68. The molecule has 0 saturated carbocycles. The molecule has 1 saturated heterocycles. The minimum Gasteiger partial charge on any atom is -0.507 e. The Kier molecular flexibility index (Phi) is 6.55. The molecule has 0 radical (unpaired) electrons. The third-order valence-electron chi connectivity index (χ3n) is 5.79. The molecule has 3 aromatic rings. The Balaban J connectivity index is 1.90. The van der Waals surface area contributed by atoms with Gasteiger partial charge in [-0.05, 0) is 42.0 Å². The minimum atomic E-state index is -0.910. The summed E-state index contributed by atoms with van der Waals surface area (Å²) in [5.41, 5.74) is 1.47. The van der Waals surface area contributed by atoms with Crippen molar-refractivity contribution in [3.8, 4) is 11.5 Å². The third-order valence-corrected chi connectivity index (χ3v) is 5.79. The maximum atomic E-state index is 13.3. The van der Waals surface area contributed by atoms with Crippen molar-refractivity contribution in [2.45, 2.75) is 6.04 Å².